The second-order valence-electron chi connectivity index (χ2n) is 3.85. The van der Waals surface area contributed by atoms with Crippen LogP contribution in [0.15, 0.2) is 29.6 Å². The molecule has 1 aromatic carbocycles. The van der Waals surface area contributed by atoms with E-state index in [4.69, 9.17) is 27.9 Å². The lowest BCUT2D eigenvalue weighted by Crippen LogP contribution is -2.23. The lowest BCUT2D eigenvalue weighted by atomic mass is 10.1. The zero-order valence-corrected chi connectivity index (χ0v) is 11.8. The summed E-state index contributed by atoms with van der Waals surface area (Å²) < 4.78 is 42.6. The molecular weight excluding hydrogens is 320 g/mol. The minimum atomic E-state index is -4.43. The molecule has 0 heterocycles. The van der Waals surface area contributed by atoms with E-state index in [1.54, 1.807) is 0 Å². The van der Waals surface area contributed by atoms with Gasteiger partial charge in [-0.2, -0.15) is 13.2 Å². The van der Waals surface area contributed by atoms with Gasteiger partial charge >= 0.3 is 6.18 Å². The van der Waals surface area contributed by atoms with Crippen LogP contribution in [0.2, 0.25) is 0 Å². The lowest BCUT2D eigenvalue weighted by Gasteiger charge is -2.24. The number of alkyl halides is 5. The van der Waals surface area contributed by atoms with Crippen LogP contribution >= 0.6 is 23.2 Å². The molecule has 0 radical (unpaired) electrons. The van der Waals surface area contributed by atoms with E-state index >= 15 is 0 Å². The highest BCUT2D eigenvalue weighted by Crippen LogP contribution is 2.31. The van der Waals surface area contributed by atoms with Gasteiger partial charge in [-0.05, 0) is 12.1 Å². The summed E-state index contributed by atoms with van der Waals surface area (Å²) in [5.41, 5.74) is -0.469. The second-order valence-corrected chi connectivity index (χ2v) is 5.13. The minimum absolute atomic E-state index is 0.103. The van der Waals surface area contributed by atoms with Gasteiger partial charge in [0.2, 0.25) is 0 Å². The summed E-state index contributed by atoms with van der Waals surface area (Å²) >= 11 is 11.0. The first-order chi connectivity index (χ1) is 9.25. The summed E-state index contributed by atoms with van der Waals surface area (Å²) in [7, 11) is 1.33. The molecule has 1 unspecified atom stereocenters. The van der Waals surface area contributed by atoms with Crippen molar-refractivity contribution in [1.82, 2.24) is 5.01 Å². The summed E-state index contributed by atoms with van der Waals surface area (Å²) in [5.74, 6) is 0. The third kappa shape index (κ3) is 4.81. The predicted octanol–water partition coefficient (Wildman–Crippen LogP) is 4.14. The Morgan fingerprint density at radius 1 is 1.30 bits per heavy atom. The quantitative estimate of drug-likeness (QED) is 0.341. The van der Waals surface area contributed by atoms with Crippen molar-refractivity contribution in [2.24, 2.45) is 5.29 Å². The number of nitroso groups, excluding NO2 is 1. The maximum atomic E-state index is 12.5. The summed E-state index contributed by atoms with van der Waals surface area (Å²) in [4.78, 5) is 9.71. The smallest absolute Gasteiger partial charge is 0.350 e. The third-order valence-corrected chi connectivity index (χ3v) is 2.62. The Labute approximate surface area is 123 Å². The molecule has 4 nitrogen and oxygen atoms in total. The molecular formula is C11H11Cl2F3N2O2. The van der Waals surface area contributed by atoms with Gasteiger partial charge in [0.15, 0.2) is 6.23 Å². The highest BCUT2D eigenvalue weighted by Gasteiger charge is 2.30. The van der Waals surface area contributed by atoms with Crippen molar-refractivity contribution in [3.8, 4) is 0 Å². The number of rotatable bonds is 6. The monoisotopic (exact) mass is 330 g/mol. The molecule has 0 aliphatic carbocycles. The lowest BCUT2D eigenvalue weighted by molar-refractivity contribution is -0.137. The third-order valence-electron chi connectivity index (χ3n) is 2.37. The molecule has 9 heteroatoms. The number of hydrogen-bond acceptors (Lipinski definition) is 3. The Balaban J connectivity index is 2.93. The average molecular weight is 331 g/mol. The molecule has 0 N–H and O–H groups in total. The number of ether oxygens (including phenoxy) is 1. The highest BCUT2D eigenvalue weighted by atomic mass is 35.5. The Morgan fingerprint density at radius 3 is 2.25 bits per heavy atom. The molecule has 20 heavy (non-hydrogen) atoms. The van der Waals surface area contributed by atoms with E-state index in [2.05, 4.69) is 5.29 Å². The van der Waals surface area contributed by atoms with Crippen LogP contribution in [-0.2, 0) is 10.9 Å². The summed E-state index contributed by atoms with van der Waals surface area (Å²) in [6.07, 6.45) is -5.39. The maximum absolute atomic E-state index is 12.5. The van der Waals surface area contributed by atoms with Crippen LogP contribution in [0, 0.1) is 4.91 Å². The maximum Gasteiger partial charge on any atom is 0.416 e. The fraction of sp³-hybridized carbons (Fsp3) is 0.455. The molecule has 1 rings (SSSR count). The van der Waals surface area contributed by atoms with Gasteiger partial charge < -0.3 is 4.74 Å². The minimum Gasteiger partial charge on any atom is -0.350 e. The first kappa shape index (κ1) is 17.0. The summed E-state index contributed by atoms with van der Waals surface area (Å²) in [6, 6.07) is 4.19. The molecule has 0 aliphatic heterocycles. The average Bonchev–Trinajstić information content (AvgIpc) is 2.37. The first-order valence-electron chi connectivity index (χ1n) is 5.38. The van der Waals surface area contributed by atoms with Crippen LogP contribution < -0.4 is 0 Å². The Bertz CT molecular complexity index is 440. The predicted molar refractivity (Wildman–Crippen MR) is 69.2 cm³/mol. The van der Waals surface area contributed by atoms with Crippen LogP contribution in [0.25, 0.3) is 0 Å². The van der Waals surface area contributed by atoms with Gasteiger partial charge in [-0.15, -0.1) is 28.1 Å². The molecule has 0 aliphatic rings. The fourth-order valence-electron chi connectivity index (χ4n) is 1.46. The number of benzene rings is 1. The molecule has 0 bridgehead atoms. The van der Waals surface area contributed by atoms with Crippen molar-refractivity contribution in [3.05, 3.63) is 40.3 Å². The number of halogens is 5. The highest BCUT2D eigenvalue weighted by molar-refractivity contribution is 6.44. The van der Waals surface area contributed by atoms with Crippen molar-refractivity contribution < 1.29 is 17.9 Å². The Morgan fingerprint density at radius 2 is 1.85 bits per heavy atom. The second kappa shape index (κ2) is 7.10. The molecule has 0 aromatic heterocycles. The SMILES string of the molecule is CN(N=O)C(OCC(Cl)Cl)c1ccc(C(F)(F)F)cc1. The zero-order valence-electron chi connectivity index (χ0n) is 10.3. The molecule has 0 spiro atoms. The van der Waals surface area contributed by atoms with Gasteiger partial charge in [0, 0.05) is 12.6 Å². The first-order valence-corrected chi connectivity index (χ1v) is 6.26. The van der Waals surface area contributed by atoms with Crippen molar-refractivity contribution in [2.45, 2.75) is 17.2 Å². The van der Waals surface area contributed by atoms with E-state index in [-0.39, 0.29) is 6.61 Å². The summed E-state index contributed by atoms with van der Waals surface area (Å²) in [6.45, 7) is -0.103. The van der Waals surface area contributed by atoms with E-state index in [9.17, 15) is 18.1 Å². The molecule has 1 atom stereocenters. The fourth-order valence-corrected chi connectivity index (χ4v) is 1.61. The number of nitrogens with zero attached hydrogens (tertiary/aromatic N) is 2. The molecule has 112 valence electrons. The van der Waals surface area contributed by atoms with Gasteiger partial charge in [-0.1, -0.05) is 12.1 Å². The van der Waals surface area contributed by atoms with Gasteiger partial charge in [0.1, 0.15) is 4.84 Å². The van der Waals surface area contributed by atoms with Crippen LogP contribution in [-0.4, -0.2) is 23.5 Å². The Kier molecular flexibility index (Phi) is 6.04. The largest absolute Gasteiger partial charge is 0.416 e. The van der Waals surface area contributed by atoms with Crippen molar-refractivity contribution in [3.63, 3.8) is 0 Å². The van der Waals surface area contributed by atoms with E-state index < -0.39 is 22.8 Å². The van der Waals surface area contributed by atoms with Crippen LogP contribution in [0.4, 0.5) is 13.2 Å². The van der Waals surface area contributed by atoms with Gasteiger partial charge in [-0.3, -0.25) is 0 Å². The zero-order chi connectivity index (χ0) is 15.3. The molecule has 1 aromatic rings. The summed E-state index contributed by atoms with van der Waals surface area (Å²) in [5, 5.41) is 3.58. The van der Waals surface area contributed by atoms with Crippen LogP contribution in [0.3, 0.4) is 0 Å². The van der Waals surface area contributed by atoms with Gasteiger partial charge in [-0.25, -0.2) is 5.01 Å². The topological polar surface area (TPSA) is 41.9 Å². The molecule has 0 saturated carbocycles. The molecule has 0 fully saturated rings. The van der Waals surface area contributed by atoms with Crippen molar-refractivity contribution >= 4 is 23.2 Å². The standard InChI is InChI=1S/C11H11Cl2F3N2O2/c1-18(17-19)10(20-6-9(12)13)7-2-4-8(5-3-7)11(14,15)16/h2-5,9-10H,6H2,1H3. The van der Waals surface area contributed by atoms with Crippen molar-refractivity contribution in [2.75, 3.05) is 13.7 Å². The van der Waals surface area contributed by atoms with Gasteiger partial charge in [0.25, 0.3) is 0 Å². The van der Waals surface area contributed by atoms with Gasteiger partial charge in [0.05, 0.1) is 17.5 Å². The molecule has 0 amide bonds. The van der Waals surface area contributed by atoms with Crippen LogP contribution in [0.1, 0.15) is 17.4 Å². The number of hydrogen-bond donors (Lipinski definition) is 0. The van der Waals surface area contributed by atoms with E-state index in [0.29, 0.717) is 5.56 Å². The van der Waals surface area contributed by atoms with E-state index in [1.165, 1.54) is 19.2 Å². The van der Waals surface area contributed by atoms with Crippen LogP contribution in [0.5, 0.6) is 0 Å². The molecule has 0 saturated heterocycles. The normalized spacial score (nSPS) is 13.3. The Hall–Kier alpha value is -1.05. The van der Waals surface area contributed by atoms with Crippen molar-refractivity contribution in [1.29, 1.82) is 0 Å². The van der Waals surface area contributed by atoms with E-state index in [1.807, 2.05) is 0 Å². The van der Waals surface area contributed by atoms with E-state index in [0.717, 1.165) is 17.1 Å².